The monoisotopic (exact) mass is 200 g/mol. The standard InChI is InChI=1S/C8H11N.C5H5N/c1-3-5-9-6-4-8(2)7-9;1-2-4-6-5-3-1/h3-4,6-7H,1,5H2,2H3;1-5H. The lowest BCUT2D eigenvalue weighted by atomic mass is 10.4. The summed E-state index contributed by atoms with van der Waals surface area (Å²) in [5.41, 5.74) is 1.30. The van der Waals surface area contributed by atoms with Crippen LogP contribution in [0.3, 0.4) is 0 Å². The molecule has 15 heavy (non-hydrogen) atoms. The number of rotatable bonds is 2. The van der Waals surface area contributed by atoms with Crippen molar-refractivity contribution in [1.29, 1.82) is 0 Å². The molecule has 0 fully saturated rings. The molecule has 2 heteroatoms. The molecule has 0 aliphatic heterocycles. The van der Waals surface area contributed by atoms with Crippen molar-refractivity contribution in [3.05, 3.63) is 67.3 Å². The Morgan fingerprint density at radius 3 is 2.40 bits per heavy atom. The largest absolute Gasteiger partial charge is 0.350 e. The molecule has 2 heterocycles. The van der Waals surface area contributed by atoms with E-state index < -0.39 is 0 Å². The maximum Gasteiger partial charge on any atom is 0.0397 e. The van der Waals surface area contributed by atoms with Crippen molar-refractivity contribution >= 4 is 0 Å². The lowest BCUT2D eigenvalue weighted by Gasteiger charge is -1.92. The van der Waals surface area contributed by atoms with Crippen LogP contribution in [0, 0.1) is 6.92 Å². The van der Waals surface area contributed by atoms with E-state index in [-0.39, 0.29) is 0 Å². The van der Waals surface area contributed by atoms with Crippen molar-refractivity contribution in [3.8, 4) is 0 Å². The summed E-state index contributed by atoms with van der Waals surface area (Å²) in [4.78, 5) is 3.78. The summed E-state index contributed by atoms with van der Waals surface area (Å²) < 4.78 is 2.10. The topological polar surface area (TPSA) is 17.8 Å². The summed E-state index contributed by atoms with van der Waals surface area (Å²) >= 11 is 0. The van der Waals surface area contributed by atoms with Gasteiger partial charge in [0, 0.05) is 31.3 Å². The molecule has 0 spiro atoms. The van der Waals surface area contributed by atoms with E-state index in [4.69, 9.17) is 0 Å². The van der Waals surface area contributed by atoms with E-state index in [0.717, 1.165) is 6.54 Å². The first-order chi connectivity index (χ1) is 7.33. The molecule has 0 atom stereocenters. The van der Waals surface area contributed by atoms with Crippen LogP contribution < -0.4 is 0 Å². The first-order valence-corrected chi connectivity index (χ1v) is 4.91. The fourth-order valence-corrected chi connectivity index (χ4v) is 1.14. The molecule has 0 unspecified atom stereocenters. The van der Waals surface area contributed by atoms with Gasteiger partial charge in [-0.15, -0.1) is 6.58 Å². The average Bonchev–Trinajstić information content (AvgIpc) is 2.68. The van der Waals surface area contributed by atoms with E-state index in [0.29, 0.717) is 0 Å². The second-order valence-electron chi connectivity index (χ2n) is 3.20. The number of hydrogen-bond donors (Lipinski definition) is 0. The van der Waals surface area contributed by atoms with E-state index in [9.17, 15) is 0 Å². The van der Waals surface area contributed by atoms with Crippen LogP contribution >= 0.6 is 0 Å². The van der Waals surface area contributed by atoms with Gasteiger partial charge in [-0.25, -0.2) is 0 Å². The SMILES string of the molecule is C=CCn1ccc(C)c1.c1ccncc1. The molecular formula is C13H16N2. The Morgan fingerprint density at radius 1 is 1.33 bits per heavy atom. The van der Waals surface area contributed by atoms with Crippen molar-refractivity contribution in [2.75, 3.05) is 0 Å². The summed E-state index contributed by atoms with van der Waals surface area (Å²) in [6.07, 6.45) is 9.54. The molecule has 78 valence electrons. The number of allylic oxidation sites excluding steroid dienone is 1. The molecule has 0 aliphatic carbocycles. The van der Waals surface area contributed by atoms with Crippen LogP contribution in [-0.4, -0.2) is 9.55 Å². The van der Waals surface area contributed by atoms with Gasteiger partial charge in [0.1, 0.15) is 0 Å². The van der Waals surface area contributed by atoms with Gasteiger partial charge < -0.3 is 4.57 Å². The predicted molar refractivity (Wildman–Crippen MR) is 63.6 cm³/mol. The third kappa shape index (κ3) is 4.81. The van der Waals surface area contributed by atoms with Gasteiger partial charge in [0.25, 0.3) is 0 Å². The van der Waals surface area contributed by atoms with Crippen LogP contribution in [0.25, 0.3) is 0 Å². The van der Waals surface area contributed by atoms with Crippen LogP contribution in [0.2, 0.25) is 0 Å². The number of nitrogens with zero attached hydrogens (tertiary/aromatic N) is 2. The predicted octanol–water partition coefficient (Wildman–Crippen LogP) is 3.06. The van der Waals surface area contributed by atoms with Gasteiger partial charge >= 0.3 is 0 Å². The minimum absolute atomic E-state index is 0.911. The average molecular weight is 200 g/mol. The van der Waals surface area contributed by atoms with Crippen molar-refractivity contribution in [2.24, 2.45) is 0 Å². The van der Waals surface area contributed by atoms with Crippen molar-refractivity contribution in [3.63, 3.8) is 0 Å². The minimum Gasteiger partial charge on any atom is -0.350 e. The number of aryl methyl sites for hydroxylation is 1. The lowest BCUT2D eigenvalue weighted by Crippen LogP contribution is -1.87. The maximum absolute atomic E-state index is 3.78. The molecule has 0 N–H and O–H groups in total. The molecule has 0 aliphatic rings. The summed E-state index contributed by atoms with van der Waals surface area (Å²) in [5.74, 6) is 0. The fraction of sp³-hybridized carbons (Fsp3) is 0.154. The normalized spacial score (nSPS) is 8.87. The van der Waals surface area contributed by atoms with Crippen LogP contribution in [0.1, 0.15) is 5.56 Å². The number of pyridine rings is 1. The van der Waals surface area contributed by atoms with Crippen molar-refractivity contribution < 1.29 is 0 Å². The van der Waals surface area contributed by atoms with E-state index in [1.165, 1.54) is 5.56 Å². The summed E-state index contributed by atoms with van der Waals surface area (Å²) in [6.45, 7) is 6.64. The first kappa shape index (κ1) is 11.2. The summed E-state index contributed by atoms with van der Waals surface area (Å²) in [5, 5.41) is 0. The fourth-order valence-electron chi connectivity index (χ4n) is 1.14. The van der Waals surface area contributed by atoms with Crippen molar-refractivity contribution in [2.45, 2.75) is 13.5 Å². The lowest BCUT2D eigenvalue weighted by molar-refractivity contribution is 0.830. The molecule has 2 aromatic rings. The van der Waals surface area contributed by atoms with E-state index in [1.54, 1.807) is 12.4 Å². The summed E-state index contributed by atoms with van der Waals surface area (Å²) in [6, 6.07) is 7.80. The van der Waals surface area contributed by atoms with E-state index >= 15 is 0 Å². The Hall–Kier alpha value is -1.83. The van der Waals surface area contributed by atoms with E-state index in [1.807, 2.05) is 24.3 Å². The zero-order chi connectivity index (χ0) is 10.9. The Morgan fingerprint density at radius 2 is 2.07 bits per heavy atom. The Labute approximate surface area is 90.9 Å². The highest BCUT2D eigenvalue weighted by Gasteiger charge is 1.85. The van der Waals surface area contributed by atoms with Gasteiger partial charge in [-0.05, 0) is 30.7 Å². The quantitative estimate of drug-likeness (QED) is 0.681. The van der Waals surface area contributed by atoms with Gasteiger partial charge in [0.15, 0.2) is 0 Å². The summed E-state index contributed by atoms with van der Waals surface area (Å²) in [7, 11) is 0. The second kappa shape index (κ2) is 6.60. The highest BCUT2D eigenvalue weighted by atomic mass is 14.9. The first-order valence-electron chi connectivity index (χ1n) is 4.91. The minimum atomic E-state index is 0.911. The maximum atomic E-state index is 3.78. The molecule has 0 saturated heterocycles. The van der Waals surface area contributed by atoms with Crippen LogP contribution in [0.5, 0.6) is 0 Å². The van der Waals surface area contributed by atoms with Crippen molar-refractivity contribution in [1.82, 2.24) is 9.55 Å². The number of hydrogen-bond acceptors (Lipinski definition) is 1. The molecular weight excluding hydrogens is 184 g/mol. The molecule has 0 radical (unpaired) electrons. The molecule has 0 saturated carbocycles. The van der Waals surface area contributed by atoms with Crippen LogP contribution in [-0.2, 0) is 6.54 Å². The molecule has 0 amide bonds. The van der Waals surface area contributed by atoms with Crippen LogP contribution in [0.15, 0.2) is 61.7 Å². The zero-order valence-electron chi connectivity index (χ0n) is 9.00. The van der Waals surface area contributed by atoms with Gasteiger partial charge in [-0.2, -0.15) is 0 Å². The Balaban J connectivity index is 0.000000162. The smallest absolute Gasteiger partial charge is 0.0397 e. The third-order valence-corrected chi connectivity index (χ3v) is 1.80. The van der Waals surface area contributed by atoms with E-state index in [2.05, 4.69) is 41.5 Å². The molecule has 0 aromatic carbocycles. The zero-order valence-corrected chi connectivity index (χ0v) is 9.00. The third-order valence-electron chi connectivity index (χ3n) is 1.80. The Kier molecular flexibility index (Phi) is 4.95. The van der Waals surface area contributed by atoms with Crippen LogP contribution in [0.4, 0.5) is 0 Å². The molecule has 2 rings (SSSR count). The number of aromatic nitrogens is 2. The van der Waals surface area contributed by atoms with Gasteiger partial charge in [-0.1, -0.05) is 12.1 Å². The van der Waals surface area contributed by atoms with Gasteiger partial charge in [0.2, 0.25) is 0 Å². The Bertz CT molecular complexity index is 350. The molecule has 0 bridgehead atoms. The van der Waals surface area contributed by atoms with Gasteiger partial charge in [0.05, 0.1) is 0 Å². The highest BCUT2D eigenvalue weighted by Crippen LogP contribution is 1.97. The van der Waals surface area contributed by atoms with Gasteiger partial charge in [-0.3, -0.25) is 4.98 Å². The highest BCUT2D eigenvalue weighted by molar-refractivity contribution is 5.07. The second-order valence-corrected chi connectivity index (χ2v) is 3.20. The molecule has 2 aromatic heterocycles. The molecule has 2 nitrogen and oxygen atoms in total.